The first-order valence-electron chi connectivity index (χ1n) is 7.97. The summed E-state index contributed by atoms with van der Waals surface area (Å²) in [4.78, 5) is 26.0. The highest BCUT2D eigenvalue weighted by Crippen LogP contribution is 2.33. The van der Waals surface area contributed by atoms with Crippen molar-refractivity contribution in [1.29, 1.82) is 0 Å². The maximum atomic E-state index is 12.3. The molecule has 5 heteroatoms. The summed E-state index contributed by atoms with van der Waals surface area (Å²) in [5.41, 5.74) is 0.714. The van der Waals surface area contributed by atoms with Crippen LogP contribution in [-0.2, 0) is 14.3 Å². The van der Waals surface area contributed by atoms with E-state index < -0.39 is 6.10 Å². The highest BCUT2D eigenvalue weighted by atomic mass is 32.2. The van der Waals surface area contributed by atoms with Crippen LogP contribution in [0.25, 0.3) is 0 Å². The van der Waals surface area contributed by atoms with E-state index in [0.717, 1.165) is 22.6 Å². The van der Waals surface area contributed by atoms with Crippen molar-refractivity contribution in [3.8, 4) is 0 Å². The van der Waals surface area contributed by atoms with E-state index in [1.807, 2.05) is 54.6 Å². The van der Waals surface area contributed by atoms with E-state index in [9.17, 15) is 9.59 Å². The largest absolute Gasteiger partial charge is 0.452 e. The van der Waals surface area contributed by atoms with Crippen molar-refractivity contribution < 1.29 is 14.3 Å². The zero-order chi connectivity index (χ0) is 16.9. The monoisotopic (exact) mass is 341 g/mol. The second kappa shape index (κ2) is 7.53. The molecule has 0 unspecified atom stereocenters. The molecule has 0 heterocycles. The van der Waals surface area contributed by atoms with Crippen LogP contribution in [0, 0.1) is 5.92 Å². The van der Waals surface area contributed by atoms with E-state index >= 15 is 0 Å². The molecule has 1 amide bonds. The lowest BCUT2D eigenvalue weighted by Crippen LogP contribution is -2.30. The molecule has 1 atom stereocenters. The summed E-state index contributed by atoms with van der Waals surface area (Å²) in [5.74, 6) is -0.601. The Bertz CT molecular complexity index is 728. The van der Waals surface area contributed by atoms with Gasteiger partial charge in [-0.15, -0.1) is 0 Å². The van der Waals surface area contributed by atoms with Gasteiger partial charge >= 0.3 is 5.97 Å². The number of para-hydroxylation sites is 1. The number of amides is 1. The number of carbonyl (C=O) groups is 2. The van der Waals surface area contributed by atoms with Crippen molar-refractivity contribution in [3.05, 3.63) is 54.6 Å². The zero-order valence-corrected chi connectivity index (χ0v) is 14.2. The molecule has 1 fully saturated rings. The van der Waals surface area contributed by atoms with Gasteiger partial charge in [-0.25, -0.2) is 0 Å². The van der Waals surface area contributed by atoms with Crippen LogP contribution < -0.4 is 5.32 Å². The third-order valence-electron chi connectivity index (χ3n) is 3.69. The molecule has 0 radical (unpaired) electrons. The van der Waals surface area contributed by atoms with Crippen LogP contribution in [-0.4, -0.2) is 18.0 Å². The Morgan fingerprint density at radius 1 is 1.08 bits per heavy atom. The molecule has 1 aliphatic rings. The van der Waals surface area contributed by atoms with E-state index in [4.69, 9.17) is 4.74 Å². The van der Waals surface area contributed by atoms with Gasteiger partial charge in [0.1, 0.15) is 0 Å². The van der Waals surface area contributed by atoms with Crippen molar-refractivity contribution in [2.45, 2.75) is 35.7 Å². The summed E-state index contributed by atoms with van der Waals surface area (Å²) in [6.07, 6.45) is 0.931. The van der Waals surface area contributed by atoms with Gasteiger partial charge in [0.25, 0.3) is 5.91 Å². The molecule has 124 valence electrons. The van der Waals surface area contributed by atoms with Crippen molar-refractivity contribution >= 4 is 29.3 Å². The SMILES string of the molecule is C[C@H](OC(=O)C1CC1)C(=O)Nc1ccccc1Sc1ccccc1. The quantitative estimate of drug-likeness (QED) is 0.803. The average Bonchev–Trinajstić information content (AvgIpc) is 3.42. The third kappa shape index (κ3) is 4.38. The summed E-state index contributed by atoms with van der Waals surface area (Å²) < 4.78 is 5.21. The highest BCUT2D eigenvalue weighted by molar-refractivity contribution is 7.99. The number of anilines is 1. The van der Waals surface area contributed by atoms with Gasteiger partial charge < -0.3 is 10.1 Å². The molecule has 3 rings (SSSR count). The maximum Gasteiger partial charge on any atom is 0.309 e. The highest BCUT2D eigenvalue weighted by Gasteiger charge is 2.33. The van der Waals surface area contributed by atoms with Gasteiger partial charge in [0.15, 0.2) is 6.10 Å². The van der Waals surface area contributed by atoms with Gasteiger partial charge in [0.05, 0.1) is 11.6 Å². The van der Waals surface area contributed by atoms with Gasteiger partial charge in [-0.1, -0.05) is 42.1 Å². The van der Waals surface area contributed by atoms with Crippen LogP contribution in [0.5, 0.6) is 0 Å². The normalized spacial score (nSPS) is 14.7. The number of benzene rings is 2. The number of nitrogens with one attached hydrogen (secondary N) is 1. The summed E-state index contributed by atoms with van der Waals surface area (Å²) >= 11 is 1.57. The minimum Gasteiger partial charge on any atom is -0.452 e. The number of esters is 1. The lowest BCUT2D eigenvalue weighted by atomic mass is 10.3. The van der Waals surface area contributed by atoms with Crippen LogP contribution in [0.15, 0.2) is 64.4 Å². The topological polar surface area (TPSA) is 55.4 Å². The summed E-state index contributed by atoms with van der Waals surface area (Å²) in [6, 6.07) is 17.5. The Morgan fingerprint density at radius 3 is 2.46 bits per heavy atom. The van der Waals surface area contributed by atoms with Crippen LogP contribution in [0.4, 0.5) is 5.69 Å². The van der Waals surface area contributed by atoms with Gasteiger partial charge in [0, 0.05) is 9.79 Å². The van der Waals surface area contributed by atoms with Crippen molar-refractivity contribution in [2.24, 2.45) is 5.92 Å². The molecule has 24 heavy (non-hydrogen) atoms. The molecule has 4 nitrogen and oxygen atoms in total. The summed E-state index contributed by atoms with van der Waals surface area (Å²) in [5, 5.41) is 2.86. The first kappa shape index (κ1) is 16.6. The van der Waals surface area contributed by atoms with Crippen molar-refractivity contribution in [1.82, 2.24) is 0 Å². The van der Waals surface area contributed by atoms with Crippen molar-refractivity contribution in [2.75, 3.05) is 5.32 Å². The summed E-state index contributed by atoms with van der Waals surface area (Å²) in [6.45, 7) is 1.60. The predicted molar refractivity (Wildman–Crippen MR) is 93.9 cm³/mol. The molecule has 0 saturated heterocycles. The Morgan fingerprint density at radius 2 is 1.75 bits per heavy atom. The molecular formula is C19H19NO3S. The van der Waals surface area contributed by atoms with E-state index in [2.05, 4.69) is 5.32 Å². The second-order valence-electron chi connectivity index (χ2n) is 5.75. The lowest BCUT2D eigenvalue weighted by molar-refractivity contribution is -0.154. The molecule has 2 aromatic carbocycles. The zero-order valence-electron chi connectivity index (χ0n) is 13.4. The minimum atomic E-state index is -0.798. The molecule has 1 saturated carbocycles. The number of hydrogen-bond donors (Lipinski definition) is 1. The average molecular weight is 341 g/mol. The number of carbonyl (C=O) groups excluding carboxylic acids is 2. The van der Waals surface area contributed by atoms with Crippen molar-refractivity contribution in [3.63, 3.8) is 0 Å². The molecule has 0 aromatic heterocycles. The smallest absolute Gasteiger partial charge is 0.309 e. The lowest BCUT2D eigenvalue weighted by Gasteiger charge is -2.15. The predicted octanol–water partition coefficient (Wildman–Crippen LogP) is 4.12. The first-order valence-corrected chi connectivity index (χ1v) is 8.78. The maximum absolute atomic E-state index is 12.3. The van der Waals surface area contributed by atoms with Gasteiger partial charge in [-0.3, -0.25) is 9.59 Å². The third-order valence-corrected chi connectivity index (χ3v) is 4.77. The van der Waals surface area contributed by atoms with Gasteiger partial charge in [-0.05, 0) is 44.0 Å². The first-order chi connectivity index (χ1) is 11.6. The van der Waals surface area contributed by atoms with E-state index in [-0.39, 0.29) is 17.8 Å². The Kier molecular flexibility index (Phi) is 5.20. The molecule has 1 aliphatic carbocycles. The molecular weight excluding hydrogens is 322 g/mol. The Labute approximate surface area is 145 Å². The summed E-state index contributed by atoms with van der Waals surface area (Å²) in [7, 11) is 0. The second-order valence-corrected chi connectivity index (χ2v) is 6.87. The van der Waals surface area contributed by atoms with Crippen LogP contribution in [0.2, 0.25) is 0 Å². The van der Waals surface area contributed by atoms with Gasteiger partial charge in [-0.2, -0.15) is 0 Å². The fourth-order valence-corrected chi connectivity index (χ4v) is 3.07. The van der Waals surface area contributed by atoms with Crippen LogP contribution >= 0.6 is 11.8 Å². The molecule has 2 aromatic rings. The molecule has 0 aliphatic heterocycles. The number of hydrogen-bond acceptors (Lipinski definition) is 4. The molecule has 0 spiro atoms. The number of ether oxygens (including phenoxy) is 1. The molecule has 0 bridgehead atoms. The van der Waals surface area contributed by atoms with E-state index in [1.54, 1.807) is 18.7 Å². The van der Waals surface area contributed by atoms with Crippen LogP contribution in [0.1, 0.15) is 19.8 Å². The van der Waals surface area contributed by atoms with E-state index in [0.29, 0.717) is 5.69 Å². The molecule has 1 N–H and O–H groups in total. The van der Waals surface area contributed by atoms with E-state index in [1.165, 1.54) is 0 Å². The van der Waals surface area contributed by atoms with Gasteiger partial charge in [0.2, 0.25) is 0 Å². The fourth-order valence-electron chi connectivity index (χ4n) is 2.15. The van der Waals surface area contributed by atoms with Crippen LogP contribution in [0.3, 0.4) is 0 Å². The fraction of sp³-hybridized carbons (Fsp3) is 0.263. The Balaban J connectivity index is 1.65. The number of rotatable bonds is 6. The minimum absolute atomic E-state index is 0.0128. The standard InChI is InChI=1S/C19H19NO3S/c1-13(23-19(22)14-11-12-14)18(21)20-16-9-5-6-10-17(16)24-15-7-3-2-4-8-15/h2-10,13-14H,11-12H2,1H3,(H,20,21)/t13-/m0/s1. The Hall–Kier alpha value is -2.27.